The molecule has 0 atom stereocenters. The van der Waals surface area contributed by atoms with Crippen molar-refractivity contribution in [3.05, 3.63) is 57.8 Å². The normalized spacial score (nSPS) is 16.1. The number of furan rings is 1. The van der Waals surface area contributed by atoms with Gasteiger partial charge in [-0.15, -0.1) is 0 Å². The van der Waals surface area contributed by atoms with Crippen LogP contribution >= 0.6 is 23.4 Å². The Morgan fingerprint density at radius 3 is 2.68 bits per heavy atom. The van der Waals surface area contributed by atoms with E-state index >= 15 is 0 Å². The molecule has 6 nitrogen and oxygen atoms in total. The van der Waals surface area contributed by atoms with E-state index in [4.69, 9.17) is 16.0 Å². The molecule has 1 aromatic heterocycles. The summed E-state index contributed by atoms with van der Waals surface area (Å²) in [5.41, 5.74) is -1.28. The van der Waals surface area contributed by atoms with Gasteiger partial charge in [-0.2, -0.15) is 13.2 Å². The second-order valence-corrected chi connectivity index (χ2v) is 6.92. The number of alkyl halides is 3. The molecule has 0 radical (unpaired) electrons. The number of halogens is 4. The van der Waals surface area contributed by atoms with Gasteiger partial charge >= 0.3 is 6.18 Å². The van der Waals surface area contributed by atoms with Gasteiger partial charge in [0.15, 0.2) is 0 Å². The van der Waals surface area contributed by atoms with Crippen molar-refractivity contribution in [1.29, 1.82) is 0 Å². The van der Waals surface area contributed by atoms with Crippen LogP contribution in [0.3, 0.4) is 0 Å². The number of rotatable bonds is 4. The summed E-state index contributed by atoms with van der Waals surface area (Å²) in [5.74, 6) is -1.23. The van der Waals surface area contributed by atoms with Gasteiger partial charge in [0.2, 0.25) is 5.91 Å². The molecule has 11 heteroatoms. The number of amides is 3. The summed E-state index contributed by atoms with van der Waals surface area (Å²) in [6.45, 7) is -0.674. The topological polar surface area (TPSA) is 79.6 Å². The number of carbonyl (C=O) groups excluding carboxylic acids is 3. The highest BCUT2D eigenvalue weighted by molar-refractivity contribution is 8.18. The lowest BCUT2D eigenvalue weighted by atomic mass is 10.2. The third kappa shape index (κ3) is 4.39. The van der Waals surface area contributed by atoms with E-state index in [9.17, 15) is 27.6 Å². The van der Waals surface area contributed by atoms with Crippen LogP contribution in [0.25, 0.3) is 6.08 Å². The predicted octanol–water partition coefficient (Wildman–Crippen LogP) is 4.63. The molecule has 2 heterocycles. The summed E-state index contributed by atoms with van der Waals surface area (Å²) in [7, 11) is 0. The highest BCUT2D eigenvalue weighted by Crippen LogP contribution is 2.34. The first-order valence-corrected chi connectivity index (χ1v) is 8.80. The quantitative estimate of drug-likeness (QED) is 0.715. The summed E-state index contributed by atoms with van der Waals surface area (Å²) in [6, 6.07) is 5.61. The molecule has 146 valence electrons. The summed E-state index contributed by atoms with van der Waals surface area (Å²) in [5, 5.41) is 1.38. The van der Waals surface area contributed by atoms with Gasteiger partial charge in [-0.05, 0) is 42.1 Å². The molecule has 0 aliphatic carbocycles. The average Bonchev–Trinajstić information content (AvgIpc) is 3.20. The van der Waals surface area contributed by atoms with Crippen molar-refractivity contribution in [2.45, 2.75) is 6.18 Å². The number of hydrogen-bond acceptors (Lipinski definition) is 5. The zero-order valence-electron chi connectivity index (χ0n) is 13.7. The Hall–Kier alpha value is -2.72. The van der Waals surface area contributed by atoms with E-state index < -0.39 is 35.3 Å². The van der Waals surface area contributed by atoms with Crippen LogP contribution in [0.4, 0.5) is 23.7 Å². The minimum Gasteiger partial charge on any atom is -0.465 e. The lowest BCUT2D eigenvalue weighted by Crippen LogP contribution is -2.36. The fourth-order valence-corrected chi connectivity index (χ4v) is 3.25. The maximum atomic E-state index is 12.8. The molecule has 1 aliphatic rings. The Bertz CT molecular complexity index is 973. The molecule has 0 bridgehead atoms. The first kappa shape index (κ1) is 20.0. The molecule has 1 aliphatic heterocycles. The zero-order chi connectivity index (χ0) is 20.5. The summed E-state index contributed by atoms with van der Waals surface area (Å²) >= 11 is 6.43. The molecule has 0 spiro atoms. The molecule has 28 heavy (non-hydrogen) atoms. The van der Waals surface area contributed by atoms with Gasteiger partial charge in [-0.25, -0.2) is 0 Å². The monoisotopic (exact) mass is 430 g/mol. The second kappa shape index (κ2) is 7.72. The fourth-order valence-electron chi connectivity index (χ4n) is 2.27. The van der Waals surface area contributed by atoms with Crippen molar-refractivity contribution in [2.24, 2.45) is 0 Å². The Kier molecular flexibility index (Phi) is 5.52. The molecule has 3 amide bonds. The fraction of sp³-hybridized carbons (Fsp3) is 0.118. The summed E-state index contributed by atoms with van der Waals surface area (Å²) in [4.78, 5) is 37.2. The molecular formula is C17H10ClF3N2O4S. The van der Waals surface area contributed by atoms with E-state index in [1.807, 2.05) is 0 Å². The third-order valence-electron chi connectivity index (χ3n) is 3.56. The van der Waals surface area contributed by atoms with E-state index in [1.54, 1.807) is 12.1 Å². The molecule has 3 rings (SSSR count). The maximum Gasteiger partial charge on any atom is 0.416 e. The second-order valence-electron chi connectivity index (χ2n) is 5.52. The van der Waals surface area contributed by atoms with Crippen LogP contribution in [-0.2, 0) is 15.8 Å². The van der Waals surface area contributed by atoms with Crippen molar-refractivity contribution in [3.63, 3.8) is 0 Å². The van der Waals surface area contributed by atoms with Crippen LogP contribution in [0.2, 0.25) is 5.02 Å². The summed E-state index contributed by atoms with van der Waals surface area (Å²) < 4.78 is 43.5. The highest BCUT2D eigenvalue weighted by Gasteiger charge is 2.37. The summed E-state index contributed by atoms with van der Waals surface area (Å²) in [6.07, 6.45) is -1.87. The Balaban J connectivity index is 1.72. The minimum absolute atomic E-state index is 0.0600. The van der Waals surface area contributed by atoms with Gasteiger partial charge < -0.3 is 9.73 Å². The number of hydrogen-bond donors (Lipinski definition) is 1. The number of thioether (sulfide) groups is 1. The van der Waals surface area contributed by atoms with E-state index in [2.05, 4.69) is 5.32 Å². The van der Waals surface area contributed by atoms with Crippen molar-refractivity contribution < 1.29 is 32.0 Å². The molecule has 0 saturated carbocycles. The predicted molar refractivity (Wildman–Crippen MR) is 96.5 cm³/mol. The minimum atomic E-state index is -4.62. The van der Waals surface area contributed by atoms with Gasteiger partial charge in [-0.1, -0.05) is 11.6 Å². The zero-order valence-corrected chi connectivity index (χ0v) is 15.3. The lowest BCUT2D eigenvalue weighted by Gasteiger charge is -2.14. The SMILES string of the molecule is O=C(CN1C(=O)S/C(=C/c2ccco2)C1=O)Nc1cc(C(F)(F)F)ccc1Cl. The lowest BCUT2D eigenvalue weighted by molar-refractivity contribution is -0.137. The number of carbonyl (C=O) groups is 3. The van der Waals surface area contributed by atoms with Crippen LogP contribution in [0.1, 0.15) is 11.3 Å². The molecule has 2 aromatic rings. The van der Waals surface area contributed by atoms with Gasteiger partial charge in [0.1, 0.15) is 12.3 Å². The molecule has 1 fully saturated rings. The van der Waals surface area contributed by atoms with Gasteiger partial charge in [0.05, 0.1) is 27.4 Å². The van der Waals surface area contributed by atoms with Crippen LogP contribution in [0.15, 0.2) is 45.9 Å². The van der Waals surface area contributed by atoms with E-state index in [1.165, 1.54) is 12.3 Å². The average molecular weight is 431 g/mol. The van der Waals surface area contributed by atoms with E-state index in [0.717, 1.165) is 12.1 Å². The van der Waals surface area contributed by atoms with Gasteiger partial charge in [-0.3, -0.25) is 19.3 Å². The Morgan fingerprint density at radius 1 is 1.29 bits per heavy atom. The van der Waals surface area contributed by atoms with Crippen LogP contribution in [0.5, 0.6) is 0 Å². The largest absolute Gasteiger partial charge is 0.465 e. The Morgan fingerprint density at radius 2 is 2.04 bits per heavy atom. The van der Waals surface area contributed by atoms with Crippen LogP contribution in [0, 0.1) is 0 Å². The molecule has 1 N–H and O–H groups in total. The first-order chi connectivity index (χ1) is 13.1. The van der Waals surface area contributed by atoms with E-state index in [-0.39, 0.29) is 15.6 Å². The number of anilines is 1. The van der Waals surface area contributed by atoms with Crippen molar-refractivity contribution in [1.82, 2.24) is 4.90 Å². The Labute approximate surface area is 165 Å². The molecular weight excluding hydrogens is 421 g/mol. The molecule has 1 aromatic carbocycles. The highest BCUT2D eigenvalue weighted by atomic mass is 35.5. The standard InChI is InChI=1S/C17H10ClF3N2O4S/c18-11-4-3-9(17(19,20)21)6-12(11)22-14(24)8-23-15(25)13(28-16(23)26)7-10-2-1-5-27-10/h1-7H,8H2,(H,22,24)/b13-7+. The number of imide groups is 1. The smallest absolute Gasteiger partial charge is 0.416 e. The van der Waals surface area contributed by atoms with Crippen molar-refractivity contribution in [3.8, 4) is 0 Å². The van der Waals surface area contributed by atoms with E-state index in [0.29, 0.717) is 28.5 Å². The molecule has 0 unspecified atom stereocenters. The molecule has 1 saturated heterocycles. The van der Waals surface area contributed by atoms with Gasteiger partial charge in [0.25, 0.3) is 11.1 Å². The number of nitrogens with one attached hydrogen (secondary N) is 1. The number of benzene rings is 1. The first-order valence-electron chi connectivity index (χ1n) is 7.60. The van der Waals surface area contributed by atoms with Crippen molar-refractivity contribution in [2.75, 3.05) is 11.9 Å². The van der Waals surface area contributed by atoms with Gasteiger partial charge in [0, 0.05) is 6.08 Å². The van der Waals surface area contributed by atoms with Crippen LogP contribution in [-0.4, -0.2) is 28.5 Å². The van der Waals surface area contributed by atoms with Crippen LogP contribution < -0.4 is 5.32 Å². The third-order valence-corrected chi connectivity index (χ3v) is 4.80. The number of nitrogens with zero attached hydrogens (tertiary/aromatic N) is 1. The van der Waals surface area contributed by atoms with Crippen molar-refractivity contribution >= 4 is 52.2 Å². The maximum absolute atomic E-state index is 12.8.